The number of nitrogens with one attached hydrogen (secondary N) is 1. The van der Waals surface area contributed by atoms with Gasteiger partial charge in [0.15, 0.2) is 11.5 Å². The van der Waals surface area contributed by atoms with E-state index in [1.165, 1.54) is 31.4 Å². The number of likely N-dealkylation sites (tertiary alicyclic amines) is 1. The lowest BCUT2D eigenvalue weighted by Gasteiger charge is -2.60. The van der Waals surface area contributed by atoms with E-state index in [4.69, 9.17) is 9.47 Å². The van der Waals surface area contributed by atoms with Crippen LogP contribution in [0.15, 0.2) is 36.7 Å². The second-order valence-electron chi connectivity index (χ2n) is 9.37. The normalized spacial score (nSPS) is 20.1. The molecule has 0 atom stereocenters. The van der Waals surface area contributed by atoms with Crippen molar-refractivity contribution in [2.24, 2.45) is 5.92 Å². The zero-order valence-corrected chi connectivity index (χ0v) is 21.2. The molecule has 2 heterocycles. The number of hydrogen-bond donors (Lipinski definition) is 12. The number of halogens is 1. The lowest BCUT2D eigenvalue weighted by atomic mass is 9.79. The average molecular weight is 586 g/mol. The van der Waals surface area contributed by atoms with Gasteiger partial charge in [-0.15, -0.1) is 4.90 Å². The first-order valence-electron chi connectivity index (χ1n) is 11.5. The number of aromatic nitrogens is 2. The molecule has 12 N–H and O–H groups in total. The monoisotopic (exact) mass is 586 g/mol. The maximum absolute atomic E-state index is 14.4. The molecule has 224 valence electrons. The highest BCUT2D eigenvalue weighted by Crippen LogP contribution is 2.49. The van der Waals surface area contributed by atoms with Crippen molar-refractivity contribution < 1.29 is 70.0 Å². The third-order valence-electron chi connectivity index (χ3n) is 6.59. The summed E-state index contributed by atoms with van der Waals surface area (Å²) in [7, 11) is 1.19. The van der Waals surface area contributed by atoms with Crippen molar-refractivity contribution in [3.63, 3.8) is 0 Å². The van der Waals surface area contributed by atoms with Crippen LogP contribution >= 0.6 is 0 Å². The highest BCUT2D eigenvalue weighted by Gasteiger charge is 2.81. The zero-order valence-electron chi connectivity index (χ0n) is 21.2. The molecule has 1 saturated heterocycles. The fourth-order valence-corrected chi connectivity index (χ4v) is 4.40. The van der Waals surface area contributed by atoms with Gasteiger partial charge < -0.3 is 71.0 Å². The first-order chi connectivity index (χ1) is 18.8. The van der Waals surface area contributed by atoms with Crippen molar-refractivity contribution in [2.75, 3.05) is 19.0 Å². The van der Waals surface area contributed by atoms with Crippen LogP contribution in [0.4, 0.5) is 15.9 Å². The third kappa shape index (κ3) is 4.91. The van der Waals surface area contributed by atoms with Crippen LogP contribution in [0.1, 0.15) is 5.56 Å². The summed E-state index contributed by atoms with van der Waals surface area (Å²) in [6.45, 7) is 0.348. The molecular weight excluding hydrogens is 559 g/mol. The van der Waals surface area contributed by atoms with Gasteiger partial charge in [0.2, 0.25) is 11.6 Å². The largest absolute Gasteiger partial charge is 0.493 e. The third-order valence-corrected chi connectivity index (χ3v) is 6.59. The molecule has 2 aromatic carbocycles. The summed E-state index contributed by atoms with van der Waals surface area (Å²) in [6.07, 6.45) is -3.54. The quantitative estimate of drug-likeness (QED) is 0.119. The lowest BCUT2D eigenvalue weighted by Crippen LogP contribution is -2.90. The van der Waals surface area contributed by atoms with Crippen LogP contribution in [-0.4, -0.2) is 114 Å². The van der Waals surface area contributed by atoms with Crippen LogP contribution in [0.2, 0.25) is 0 Å². The molecule has 0 unspecified atom stereocenters. The first kappa shape index (κ1) is 30.6. The number of piperidine rings is 1. The molecule has 1 aromatic heterocycles. The minimum atomic E-state index is -4.65. The van der Waals surface area contributed by atoms with Gasteiger partial charge in [-0.05, 0) is 30.7 Å². The number of anilines is 2. The van der Waals surface area contributed by atoms with Crippen molar-refractivity contribution in [3.05, 3.63) is 48.0 Å². The van der Waals surface area contributed by atoms with Crippen molar-refractivity contribution in [3.8, 4) is 11.5 Å². The number of nitrogens with zero attached hydrogens (tertiary/aromatic N) is 3. The Morgan fingerprint density at radius 1 is 0.927 bits per heavy atom. The number of aryl methyl sites for hydroxylation is 1. The van der Waals surface area contributed by atoms with Crippen LogP contribution in [0.3, 0.4) is 0 Å². The minimum absolute atomic E-state index is 0.0938. The van der Waals surface area contributed by atoms with E-state index in [-0.39, 0.29) is 33.9 Å². The maximum Gasteiger partial charge on any atom is 0.354 e. The highest BCUT2D eigenvalue weighted by atomic mass is 19.1. The van der Waals surface area contributed by atoms with Crippen LogP contribution in [0.25, 0.3) is 10.9 Å². The molecule has 17 nitrogen and oxygen atoms in total. The standard InChI is InChI=1S/C23H27FN4O13/c1-10-3-4-13(12(24)5-10)27-18-11-6-15(40-2)16(7-14(11)25-9-26-18)41-8-17-19(29,30)21(33,34)28(23(37,38)39)22(35,36)20(17,31)32/h3-7,9,17,29-39H,8H2,1-2H3,(H,25,26,27). The number of rotatable bonds is 7. The van der Waals surface area contributed by atoms with E-state index in [0.717, 1.165) is 6.33 Å². The van der Waals surface area contributed by atoms with Gasteiger partial charge in [0.1, 0.15) is 30.5 Å². The van der Waals surface area contributed by atoms with Crippen molar-refractivity contribution in [1.29, 1.82) is 0 Å². The Kier molecular flexibility index (Phi) is 7.36. The fraction of sp³-hybridized carbons (Fsp3) is 0.391. The second kappa shape index (κ2) is 9.87. The first-order valence-corrected chi connectivity index (χ1v) is 11.5. The van der Waals surface area contributed by atoms with Crippen LogP contribution in [0.5, 0.6) is 11.5 Å². The lowest BCUT2D eigenvalue weighted by molar-refractivity contribution is -0.627. The van der Waals surface area contributed by atoms with Gasteiger partial charge in [-0.2, -0.15) is 0 Å². The molecule has 4 rings (SSSR count). The number of methoxy groups -OCH3 is 1. The number of fused-ring (bicyclic) bond motifs is 1. The molecule has 0 bridgehead atoms. The van der Waals surface area contributed by atoms with E-state index in [1.807, 2.05) is 0 Å². The average Bonchev–Trinajstić information content (AvgIpc) is 2.83. The summed E-state index contributed by atoms with van der Waals surface area (Å²) in [4.78, 5) is 6.76. The van der Waals surface area contributed by atoms with Gasteiger partial charge in [-0.3, -0.25) is 0 Å². The summed E-state index contributed by atoms with van der Waals surface area (Å²) in [6, 6.07) is 6.98. The molecule has 18 heteroatoms. The van der Waals surface area contributed by atoms with E-state index >= 15 is 0 Å². The summed E-state index contributed by atoms with van der Waals surface area (Å²) < 4.78 is 25.0. The minimum Gasteiger partial charge on any atom is -0.493 e. The molecular formula is C23H27FN4O13. The van der Waals surface area contributed by atoms with Crippen molar-refractivity contribution >= 4 is 22.4 Å². The van der Waals surface area contributed by atoms with Gasteiger partial charge in [0.05, 0.1) is 18.3 Å². The number of hydrogen-bond acceptors (Lipinski definition) is 17. The zero-order chi connectivity index (χ0) is 30.8. The molecule has 0 amide bonds. The van der Waals surface area contributed by atoms with Crippen molar-refractivity contribution in [2.45, 2.75) is 36.4 Å². The van der Waals surface area contributed by atoms with E-state index in [1.54, 1.807) is 13.0 Å². The van der Waals surface area contributed by atoms with Gasteiger partial charge in [-0.1, -0.05) is 6.07 Å². The van der Waals surface area contributed by atoms with Crippen LogP contribution < -0.4 is 14.8 Å². The van der Waals surface area contributed by atoms with E-state index < -0.39 is 52.7 Å². The molecule has 41 heavy (non-hydrogen) atoms. The fourth-order valence-electron chi connectivity index (χ4n) is 4.40. The topological polar surface area (TPSA) is 282 Å². The summed E-state index contributed by atoms with van der Waals surface area (Å²) in [5, 5.41) is 114. The van der Waals surface area contributed by atoms with Gasteiger partial charge in [0.25, 0.3) is 11.8 Å². The summed E-state index contributed by atoms with van der Waals surface area (Å²) in [5.41, 5.74) is 0.917. The summed E-state index contributed by atoms with van der Waals surface area (Å²) in [5.74, 6) is -21.4. The van der Waals surface area contributed by atoms with E-state index in [9.17, 15) is 60.6 Å². The number of aliphatic hydroxyl groups is 11. The highest BCUT2D eigenvalue weighted by molar-refractivity contribution is 5.93. The Labute approximate surface area is 228 Å². The van der Waals surface area contributed by atoms with E-state index in [2.05, 4.69) is 15.3 Å². The number of ether oxygens (including phenoxy) is 2. The molecule has 1 fully saturated rings. The van der Waals surface area contributed by atoms with E-state index in [0.29, 0.717) is 5.56 Å². The molecule has 1 aliphatic rings. The van der Waals surface area contributed by atoms with Gasteiger partial charge in [-0.25, -0.2) is 14.4 Å². The maximum atomic E-state index is 14.4. The Hall–Kier alpha value is -3.37. The predicted molar refractivity (Wildman–Crippen MR) is 129 cm³/mol. The predicted octanol–water partition coefficient (Wildman–Crippen LogP) is -3.63. The van der Waals surface area contributed by atoms with Crippen molar-refractivity contribution in [1.82, 2.24) is 14.9 Å². The van der Waals surface area contributed by atoms with Crippen LogP contribution in [-0.2, 0) is 0 Å². The second-order valence-corrected chi connectivity index (χ2v) is 9.37. The molecule has 1 aliphatic heterocycles. The molecule has 0 radical (unpaired) electrons. The molecule has 3 aromatic rings. The Morgan fingerprint density at radius 2 is 1.54 bits per heavy atom. The SMILES string of the molecule is COc1cc2c(Nc3ccc(C)cc3F)ncnc2cc1OCC1C(O)(O)C(O)(O)N(C(O)(O)O)C(O)(O)C1(O)O. The summed E-state index contributed by atoms with van der Waals surface area (Å²) >= 11 is 0. The molecule has 0 spiro atoms. The number of benzene rings is 2. The van der Waals surface area contributed by atoms with Gasteiger partial charge in [0, 0.05) is 11.5 Å². The van der Waals surface area contributed by atoms with Crippen LogP contribution in [0, 0.1) is 18.7 Å². The smallest absolute Gasteiger partial charge is 0.354 e. The Bertz CT molecular complexity index is 1430. The Morgan fingerprint density at radius 3 is 2.07 bits per heavy atom. The van der Waals surface area contributed by atoms with Gasteiger partial charge >= 0.3 is 6.10 Å². The Balaban J connectivity index is 1.71. The molecule has 0 aliphatic carbocycles. The molecule has 0 saturated carbocycles.